The number of H-pyrrole nitrogens is 1. The molecule has 0 bridgehead atoms. The Bertz CT molecular complexity index is 1410. The molecule has 0 saturated carbocycles. The van der Waals surface area contributed by atoms with Gasteiger partial charge in [0.05, 0.1) is 15.9 Å². The van der Waals surface area contributed by atoms with Gasteiger partial charge in [0.2, 0.25) is 16.0 Å². The zero-order valence-corrected chi connectivity index (χ0v) is 18.9. The lowest BCUT2D eigenvalue weighted by Gasteiger charge is -2.35. The van der Waals surface area contributed by atoms with Crippen molar-refractivity contribution in [3.63, 3.8) is 0 Å². The smallest absolute Gasteiger partial charge is 0.258 e. The van der Waals surface area contributed by atoms with Gasteiger partial charge in [-0.05, 0) is 54.6 Å². The van der Waals surface area contributed by atoms with Crippen molar-refractivity contribution in [3.8, 4) is 0 Å². The Balaban J connectivity index is 1.29. The number of nitrogens with one attached hydrogen (secondary N) is 2. The predicted molar refractivity (Wildman–Crippen MR) is 128 cm³/mol. The number of amides is 1. The molecule has 34 heavy (non-hydrogen) atoms. The Hall–Kier alpha value is -3.76. The first-order chi connectivity index (χ1) is 16.4. The number of imidazole rings is 1. The summed E-state index contributed by atoms with van der Waals surface area (Å²) in [4.78, 5) is 22.2. The zero-order chi connectivity index (χ0) is 23.7. The molecular weight excluding hydrogens is 457 g/mol. The van der Waals surface area contributed by atoms with Crippen LogP contribution in [0.3, 0.4) is 0 Å². The van der Waals surface area contributed by atoms with Crippen LogP contribution >= 0.6 is 0 Å². The van der Waals surface area contributed by atoms with Gasteiger partial charge >= 0.3 is 0 Å². The molecule has 10 heteroatoms. The molecule has 5 rings (SSSR count). The van der Waals surface area contributed by atoms with E-state index in [9.17, 15) is 17.6 Å². The Morgan fingerprint density at radius 1 is 0.941 bits per heavy atom. The predicted octanol–water partition coefficient (Wildman–Crippen LogP) is 3.47. The summed E-state index contributed by atoms with van der Waals surface area (Å²) in [5.74, 6) is -0.484. The van der Waals surface area contributed by atoms with E-state index in [2.05, 4.69) is 15.3 Å². The number of piperazine rings is 1. The molecule has 174 valence electrons. The minimum atomic E-state index is -3.78. The van der Waals surface area contributed by atoms with Crippen LogP contribution in [-0.4, -0.2) is 54.8 Å². The minimum Gasteiger partial charge on any atom is -0.369 e. The average molecular weight is 480 g/mol. The number of sulfonamides is 1. The van der Waals surface area contributed by atoms with Crippen molar-refractivity contribution in [3.05, 3.63) is 84.2 Å². The van der Waals surface area contributed by atoms with Gasteiger partial charge in [0.15, 0.2) is 0 Å². The number of fused-ring (bicyclic) bond motifs is 1. The third-order valence-electron chi connectivity index (χ3n) is 5.79. The Morgan fingerprint density at radius 3 is 2.41 bits per heavy atom. The highest BCUT2D eigenvalue weighted by atomic mass is 32.2. The van der Waals surface area contributed by atoms with E-state index in [4.69, 9.17) is 0 Å². The largest absolute Gasteiger partial charge is 0.369 e. The molecule has 3 aromatic carbocycles. The maximum Gasteiger partial charge on any atom is 0.258 e. The summed E-state index contributed by atoms with van der Waals surface area (Å²) in [7, 11) is -3.78. The van der Waals surface area contributed by atoms with Crippen molar-refractivity contribution in [2.45, 2.75) is 4.90 Å². The van der Waals surface area contributed by atoms with Gasteiger partial charge in [0.25, 0.3) is 5.91 Å². The number of nitrogens with zero attached hydrogens (tertiary/aromatic N) is 3. The summed E-state index contributed by atoms with van der Waals surface area (Å²) < 4.78 is 41.1. The van der Waals surface area contributed by atoms with Crippen LogP contribution in [0, 0.1) is 5.82 Å². The second kappa shape index (κ2) is 8.88. The van der Waals surface area contributed by atoms with E-state index in [1.807, 2.05) is 29.2 Å². The highest BCUT2D eigenvalue weighted by Crippen LogP contribution is 2.23. The van der Waals surface area contributed by atoms with E-state index in [0.29, 0.717) is 18.6 Å². The number of rotatable bonds is 5. The summed E-state index contributed by atoms with van der Waals surface area (Å²) >= 11 is 0. The number of carbonyl (C=O) groups is 1. The molecule has 1 fully saturated rings. The van der Waals surface area contributed by atoms with E-state index < -0.39 is 15.9 Å². The number of benzene rings is 3. The molecule has 0 radical (unpaired) electrons. The number of halogens is 1. The molecule has 4 aromatic rings. The van der Waals surface area contributed by atoms with Crippen LogP contribution in [0.15, 0.2) is 77.7 Å². The SMILES string of the molecule is O=C(Nc1nc2ccccc2[nH]1)c1cccc(S(=O)(=O)N2CCN(c3ccc(F)cc3)CC2)c1. The van der Waals surface area contributed by atoms with Gasteiger partial charge in [-0.2, -0.15) is 4.31 Å². The fourth-order valence-corrected chi connectivity index (χ4v) is 5.45. The second-order valence-corrected chi connectivity index (χ2v) is 9.89. The summed E-state index contributed by atoms with van der Waals surface area (Å²) in [6, 6.07) is 19.5. The second-order valence-electron chi connectivity index (χ2n) is 7.95. The molecule has 2 N–H and O–H groups in total. The van der Waals surface area contributed by atoms with Crippen molar-refractivity contribution in [2.24, 2.45) is 0 Å². The van der Waals surface area contributed by atoms with Crippen LogP contribution in [0.25, 0.3) is 11.0 Å². The first kappa shape index (κ1) is 22.1. The van der Waals surface area contributed by atoms with Crippen LogP contribution in [0.4, 0.5) is 16.0 Å². The van der Waals surface area contributed by atoms with Crippen molar-refractivity contribution in [1.29, 1.82) is 0 Å². The maximum atomic E-state index is 13.2. The average Bonchev–Trinajstić information content (AvgIpc) is 3.27. The van der Waals surface area contributed by atoms with Crippen LogP contribution in [0.5, 0.6) is 0 Å². The monoisotopic (exact) mass is 479 g/mol. The molecule has 1 aliphatic rings. The molecular formula is C24H22FN5O3S. The van der Waals surface area contributed by atoms with Crippen LogP contribution in [-0.2, 0) is 10.0 Å². The number of aromatic nitrogens is 2. The standard InChI is InChI=1S/C24H22FN5O3S/c25-18-8-10-19(11-9-18)29-12-14-30(15-13-29)34(32,33)20-5-3-4-17(16-20)23(31)28-24-26-21-6-1-2-7-22(21)27-24/h1-11,16H,12-15H2,(H2,26,27,28,31). The molecule has 8 nitrogen and oxygen atoms in total. The molecule has 0 spiro atoms. The third kappa shape index (κ3) is 4.37. The highest BCUT2D eigenvalue weighted by Gasteiger charge is 2.29. The fourth-order valence-electron chi connectivity index (χ4n) is 3.98. The highest BCUT2D eigenvalue weighted by molar-refractivity contribution is 7.89. The lowest BCUT2D eigenvalue weighted by molar-refractivity contribution is 0.102. The number of para-hydroxylation sites is 2. The van der Waals surface area contributed by atoms with E-state index in [-0.39, 0.29) is 35.3 Å². The van der Waals surface area contributed by atoms with Crippen LogP contribution in [0.2, 0.25) is 0 Å². The van der Waals surface area contributed by atoms with Gasteiger partial charge in [-0.25, -0.2) is 17.8 Å². The molecule has 1 aliphatic heterocycles. The van der Waals surface area contributed by atoms with E-state index in [0.717, 1.165) is 11.2 Å². The van der Waals surface area contributed by atoms with Gasteiger partial charge in [-0.15, -0.1) is 0 Å². The van der Waals surface area contributed by atoms with Crippen molar-refractivity contribution < 1.29 is 17.6 Å². The summed E-state index contributed by atoms with van der Waals surface area (Å²) in [5.41, 5.74) is 2.57. The van der Waals surface area contributed by atoms with E-state index in [1.165, 1.54) is 28.6 Å². The number of hydrogen-bond donors (Lipinski definition) is 2. The Labute approximate surface area is 196 Å². The third-order valence-corrected chi connectivity index (χ3v) is 7.68. The van der Waals surface area contributed by atoms with Gasteiger partial charge in [0, 0.05) is 37.4 Å². The molecule has 0 aliphatic carbocycles. The van der Waals surface area contributed by atoms with E-state index >= 15 is 0 Å². The maximum absolute atomic E-state index is 13.2. The van der Waals surface area contributed by atoms with Gasteiger partial charge in [-0.1, -0.05) is 18.2 Å². The molecule has 2 heterocycles. The number of aromatic amines is 1. The Morgan fingerprint density at radius 2 is 1.68 bits per heavy atom. The number of hydrogen-bond acceptors (Lipinski definition) is 5. The van der Waals surface area contributed by atoms with Gasteiger partial charge in [0.1, 0.15) is 5.82 Å². The van der Waals surface area contributed by atoms with Crippen LogP contribution in [0.1, 0.15) is 10.4 Å². The summed E-state index contributed by atoms with van der Waals surface area (Å²) in [6.07, 6.45) is 0. The van der Waals surface area contributed by atoms with Crippen molar-refractivity contribution >= 4 is 38.6 Å². The zero-order valence-electron chi connectivity index (χ0n) is 18.1. The van der Waals surface area contributed by atoms with Crippen molar-refractivity contribution in [2.75, 3.05) is 36.4 Å². The quantitative estimate of drug-likeness (QED) is 0.457. The number of carbonyl (C=O) groups excluding carboxylic acids is 1. The summed E-state index contributed by atoms with van der Waals surface area (Å²) in [6.45, 7) is 1.54. The molecule has 0 unspecified atom stereocenters. The van der Waals surface area contributed by atoms with Crippen molar-refractivity contribution in [1.82, 2.24) is 14.3 Å². The fraction of sp³-hybridized carbons (Fsp3) is 0.167. The topological polar surface area (TPSA) is 98.4 Å². The van der Waals surface area contributed by atoms with Crippen LogP contribution < -0.4 is 10.2 Å². The summed E-state index contributed by atoms with van der Waals surface area (Å²) in [5, 5.41) is 2.69. The lowest BCUT2D eigenvalue weighted by atomic mass is 10.2. The molecule has 1 aromatic heterocycles. The normalized spacial score (nSPS) is 14.9. The minimum absolute atomic E-state index is 0.0555. The number of anilines is 2. The Kier molecular flexibility index (Phi) is 5.76. The van der Waals surface area contributed by atoms with Gasteiger partial charge < -0.3 is 9.88 Å². The lowest BCUT2D eigenvalue weighted by Crippen LogP contribution is -2.48. The molecule has 1 saturated heterocycles. The molecule has 1 amide bonds. The first-order valence-electron chi connectivity index (χ1n) is 10.8. The molecule has 0 atom stereocenters. The van der Waals surface area contributed by atoms with E-state index in [1.54, 1.807) is 24.3 Å². The van der Waals surface area contributed by atoms with Gasteiger partial charge in [-0.3, -0.25) is 10.1 Å². The first-order valence-corrected chi connectivity index (χ1v) is 12.2.